The van der Waals surface area contributed by atoms with Gasteiger partial charge in [-0.3, -0.25) is 4.57 Å². The Morgan fingerprint density at radius 3 is 2.97 bits per heavy atom. The summed E-state index contributed by atoms with van der Waals surface area (Å²) in [4.78, 5) is 12.4. The number of aromatic nitrogens is 4. The Morgan fingerprint density at radius 2 is 2.24 bits per heavy atom. The summed E-state index contributed by atoms with van der Waals surface area (Å²) < 4.78 is 35.4. The van der Waals surface area contributed by atoms with Gasteiger partial charge in [0.1, 0.15) is 11.8 Å². The number of nitrogen functional groups attached to an aromatic ring is 1. The van der Waals surface area contributed by atoms with Gasteiger partial charge in [-0.15, -0.1) is 0 Å². The van der Waals surface area contributed by atoms with Gasteiger partial charge in [0.2, 0.25) is 5.69 Å². The number of ether oxygens (including phenoxy) is 1. The number of nitrogens with zero attached hydrogens (tertiary/aromatic N) is 4. The largest absolute Gasteiger partial charge is 0.382 e. The predicted octanol–water partition coefficient (Wildman–Crippen LogP) is 4.90. The van der Waals surface area contributed by atoms with Gasteiger partial charge in [0, 0.05) is 10.7 Å². The van der Waals surface area contributed by atoms with Crippen molar-refractivity contribution >= 4 is 59.4 Å². The smallest absolute Gasteiger partial charge is 0.248 e. The second-order valence-corrected chi connectivity index (χ2v) is 16.1. The average Bonchev–Trinajstić information content (AvgIpc) is 3.39. The monoisotopic (exact) mass is 547 g/mol. The van der Waals surface area contributed by atoms with Crippen LogP contribution in [-0.4, -0.2) is 49.3 Å². The lowest BCUT2D eigenvalue weighted by Gasteiger charge is -2.37. The molecule has 3 fully saturated rings. The number of allylic oxidation sites excluding steroid dienone is 1. The molecular weight excluding hydrogens is 516 g/mol. The van der Waals surface area contributed by atoms with E-state index in [-0.39, 0.29) is 36.8 Å². The normalized spacial score (nSPS) is 39.6. The Morgan fingerprint density at radius 1 is 1.47 bits per heavy atom. The van der Waals surface area contributed by atoms with Crippen LogP contribution in [0.25, 0.3) is 11.2 Å². The molecule has 8 atom stereocenters. The van der Waals surface area contributed by atoms with Crippen molar-refractivity contribution in [3.8, 4) is 0 Å². The molecule has 0 unspecified atom stereocenters. The molecule has 4 heterocycles. The summed E-state index contributed by atoms with van der Waals surface area (Å²) in [7, 11) is 0. The molecule has 2 saturated heterocycles. The van der Waals surface area contributed by atoms with Crippen LogP contribution in [0.5, 0.6) is 0 Å². The molecule has 8 nitrogen and oxygen atoms in total. The van der Waals surface area contributed by atoms with Crippen LogP contribution in [0.3, 0.4) is 0 Å². The Bertz CT molecular complexity index is 1140. The fraction of sp³-hybridized carbons (Fsp3) is 0.667. The predicted molar refractivity (Wildman–Crippen MR) is 141 cm³/mol. The van der Waals surface area contributed by atoms with Crippen LogP contribution < -0.4 is 5.73 Å². The van der Waals surface area contributed by atoms with Crippen LogP contribution in [0.1, 0.15) is 46.3 Å². The molecule has 188 valence electrons. The maximum Gasteiger partial charge on any atom is 0.248 e. The quantitative estimate of drug-likeness (QED) is 0.414. The molecule has 0 aromatic carbocycles. The lowest BCUT2D eigenvalue weighted by molar-refractivity contribution is -0.0343. The summed E-state index contributed by atoms with van der Waals surface area (Å²) in [6, 6.07) is 0. The van der Waals surface area contributed by atoms with Gasteiger partial charge < -0.3 is 19.5 Å². The first kappa shape index (κ1) is 26.3. The molecular formula is C21H31FN5O3PS3. The Hall–Kier alpha value is -0.750. The van der Waals surface area contributed by atoms with E-state index in [9.17, 15) is 0 Å². The zero-order chi connectivity index (χ0) is 23.5. The molecule has 0 spiro atoms. The number of anilines is 1. The summed E-state index contributed by atoms with van der Waals surface area (Å²) in [5.41, 5.74) is 5.36. The maximum atomic E-state index is 15.3. The molecule has 1 aliphatic carbocycles. The molecule has 2 N–H and O–H groups in total. The molecule has 1 saturated carbocycles. The van der Waals surface area contributed by atoms with Crippen LogP contribution in [0.2, 0.25) is 0 Å². The SMILES string of the molecule is C=C(C)[C@@H]1CC[C@]2(C)S[P@@](=S)(OC[C@H]3O[C@@H](n4cnc5c(N)ncnc54)[C@H](F)[C@@H]3C)O[C@H]2C1.S. The highest BCUT2D eigenvalue weighted by atomic mass is 32.9. The number of halogens is 1. The number of imidazole rings is 1. The third-order valence-corrected chi connectivity index (χ3v) is 13.0. The molecule has 3 aliphatic rings. The van der Waals surface area contributed by atoms with Gasteiger partial charge >= 0.3 is 0 Å². The van der Waals surface area contributed by atoms with Gasteiger partial charge in [0.15, 0.2) is 23.9 Å². The van der Waals surface area contributed by atoms with Crippen LogP contribution >= 0.6 is 30.6 Å². The van der Waals surface area contributed by atoms with Crippen molar-refractivity contribution in [1.29, 1.82) is 0 Å². The van der Waals surface area contributed by atoms with E-state index in [1.165, 1.54) is 18.2 Å². The van der Waals surface area contributed by atoms with Gasteiger partial charge in [-0.1, -0.05) is 30.5 Å². The third kappa shape index (κ3) is 4.55. The second-order valence-electron chi connectivity index (χ2n) is 9.51. The standard InChI is InChI=1S/C21H29FN5O3PS2.H2S/c1-11(2)13-5-6-21(4)15(7-13)30-31(32,33-21)28-8-14-12(3)16(22)20(29-14)27-10-26-17-18(23)24-9-25-19(17)27;/h9-10,12-16,20H,1,5-8H2,2-4H3,(H2,23,24,25);1H2/t12-,13-,14-,15+,16-,20-,21+,31+;/m1./s1. The summed E-state index contributed by atoms with van der Waals surface area (Å²) >= 11 is 7.52. The Kier molecular flexibility index (Phi) is 7.44. The van der Waals surface area contributed by atoms with Crippen molar-refractivity contribution in [2.45, 2.75) is 69.4 Å². The summed E-state index contributed by atoms with van der Waals surface area (Å²) in [6.07, 6.45) is 3.30. The molecule has 2 aliphatic heterocycles. The second kappa shape index (κ2) is 9.61. The number of rotatable bonds is 5. The number of alkyl halides is 1. The maximum absolute atomic E-state index is 15.3. The lowest BCUT2D eigenvalue weighted by atomic mass is 9.77. The fourth-order valence-corrected chi connectivity index (χ4v) is 12.1. The van der Waals surface area contributed by atoms with E-state index in [4.69, 9.17) is 31.3 Å². The Labute approximate surface area is 215 Å². The van der Waals surface area contributed by atoms with Crippen LogP contribution in [0, 0.1) is 11.8 Å². The third-order valence-electron chi connectivity index (χ3n) is 7.18. The topological polar surface area (TPSA) is 97.3 Å². The molecule has 5 rings (SSSR count). The van der Waals surface area contributed by atoms with Gasteiger partial charge in [-0.05, 0) is 50.8 Å². The number of fused-ring (bicyclic) bond motifs is 2. The molecule has 2 aromatic rings. The van der Waals surface area contributed by atoms with Crippen molar-refractivity contribution in [2.24, 2.45) is 11.8 Å². The van der Waals surface area contributed by atoms with Crippen molar-refractivity contribution in [2.75, 3.05) is 12.3 Å². The van der Waals surface area contributed by atoms with Gasteiger partial charge in [0.25, 0.3) is 0 Å². The van der Waals surface area contributed by atoms with E-state index >= 15 is 4.39 Å². The first-order valence-electron chi connectivity index (χ1n) is 11.1. The highest BCUT2D eigenvalue weighted by Gasteiger charge is 2.54. The first-order valence-corrected chi connectivity index (χ1v) is 15.2. The summed E-state index contributed by atoms with van der Waals surface area (Å²) in [5, 5.41) is 0. The molecule has 0 amide bonds. The molecule has 13 heteroatoms. The number of hydrogen-bond donors (Lipinski definition) is 1. The van der Waals surface area contributed by atoms with Gasteiger partial charge in [-0.25, -0.2) is 19.3 Å². The van der Waals surface area contributed by atoms with Crippen LogP contribution in [0.15, 0.2) is 24.8 Å². The number of hydrogen-bond acceptors (Lipinski definition) is 9. The minimum absolute atomic E-state index is 0. The van der Waals surface area contributed by atoms with E-state index in [2.05, 4.69) is 35.4 Å². The molecule has 0 radical (unpaired) electrons. The first-order chi connectivity index (χ1) is 15.6. The van der Waals surface area contributed by atoms with Gasteiger partial charge in [-0.2, -0.15) is 13.5 Å². The van der Waals surface area contributed by atoms with Crippen molar-refractivity contribution in [3.05, 3.63) is 24.8 Å². The number of nitrogens with two attached hydrogens (primary N) is 1. The molecule has 34 heavy (non-hydrogen) atoms. The average molecular weight is 548 g/mol. The minimum Gasteiger partial charge on any atom is -0.382 e. The summed E-state index contributed by atoms with van der Waals surface area (Å²) in [6.45, 7) is 10.4. The minimum atomic E-state index is -2.56. The van der Waals surface area contributed by atoms with E-state index in [1.54, 1.807) is 15.9 Å². The van der Waals surface area contributed by atoms with E-state index < -0.39 is 30.1 Å². The van der Waals surface area contributed by atoms with Crippen molar-refractivity contribution < 1.29 is 18.2 Å². The van der Waals surface area contributed by atoms with E-state index in [1.807, 2.05) is 6.92 Å². The van der Waals surface area contributed by atoms with Crippen molar-refractivity contribution in [1.82, 2.24) is 19.5 Å². The lowest BCUT2D eigenvalue weighted by Crippen LogP contribution is -2.39. The van der Waals surface area contributed by atoms with E-state index in [0.717, 1.165) is 19.3 Å². The van der Waals surface area contributed by atoms with Crippen LogP contribution in [-0.2, 0) is 25.6 Å². The highest BCUT2D eigenvalue weighted by molar-refractivity contribution is 8.68. The Balaban J connectivity index is 0.00000274. The zero-order valence-electron chi connectivity index (χ0n) is 19.4. The highest BCUT2D eigenvalue weighted by Crippen LogP contribution is 2.75. The van der Waals surface area contributed by atoms with Crippen molar-refractivity contribution in [3.63, 3.8) is 0 Å². The molecule has 0 bridgehead atoms. The molecule has 2 aromatic heterocycles. The zero-order valence-corrected chi connectivity index (χ0v) is 22.9. The van der Waals surface area contributed by atoms with E-state index in [0.29, 0.717) is 17.1 Å². The summed E-state index contributed by atoms with van der Waals surface area (Å²) in [5.74, 6) is 0.308. The van der Waals surface area contributed by atoms with Gasteiger partial charge in [0.05, 0.1) is 25.1 Å². The fourth-order valence-electron chi connectivity index (χ4n) is 4.92. The van der Waals surface area contributed by atoms with Crippen LogP contribution in [0.4, 0.5) is 10.2 Å².